The van der Waals surface area contributed by atoms with Gasteiger partial charge in [0.25, 0.3) is 0 Å². The minimum Gasteiger partial charge on any atom is -0.480 e. The fourth-order valence-electron chi connectivity index (χ4n) is 1.70. The van der Waals surface area contributed by atoms with Crippen molar-refractivity contribution in [2.24, 2.45) is 11.5 Å². The van der Waals surface area contributed by atoms with Crippen molar-refractivity contribution in [3.05, 3.63) is 18.2 Å². The van der Waals surface area contributed by atoms with Gasteiger partial charge in [-0.2, -0.15) is 0 Å². The van der Waals surface area contributed by atoms with Crippen LogP contribution in [0.3, 0.4) is 0 Å². The first-order valence-corrected chi connectivity index (χ1v) is 6.60. The summed E-state index contributed by atoms with van der Waals surface area (Å²) in [5.41, 5.74) is 11.3. The number of carbonyl (C=O) groups excluding carboxylic acids is 3. The molecule has 23 heavy (non-hydrogen) atoms. The standard InChI is InChI=1S/C12H18N6O5/c13-7(1-6-3-15-5-17-6)11(22)18-8(2-9(14)19)12(23)16-4-10(20)21/h3,5,7-8H,1-2,4,13H2,(H2,14,19)(H,15,17)(H,16,23)(H,18,22)(H,20,21)/t7-,8-/m0/s1. The number of amides is 3. The first kappa shape index (κ1) is 18.1. The topological polar surface area (TPSA) is 193 Å². The summed E-state index contributed by atoms with van der Waals surface area (Å²) in [5.74, 6) is -3.62. The van der Waals surface area contributed by atoms with Crippen LogP contribution < -0.4 is 22.1 Å². The van der Waals surface area contributed by atoms with E-state index in [1.807, 2.05) is 0 Å². The second-order valence-corrected chi connectivity index (χ2v) is 4.73. The number of hydrogen-bond acceptors (Lipinski definition) is 6. The summed E-state index contributed by atoms with van der Waals surface area (Å²) in [4.78, 5) is 51.8. The van der Waals surface area contributed by atoms with E-state index in [0.717, 1.165) is 0 Å². The molecule has 11 nitrogen and oxygen atoms in total. The third-order valence-corrected chi connectivity index (χ3v) is 2.78. The zero-order chi connectivity index (χ0) is 17.4. The van der Waals surface area contributed by atoms with Crippen LogP contribution in [-0.4, -0.2) is 57.4 Å². The van der Waals surface area contributed by atoms with Gasteiger partial charge in [-0.05, 0) is 0 Å². The molecular formula is C12H18N6O5. The lowest BCUT2D eigenvalue weighted by atomic mass is 10.1. The van der Waals surface area contributed by atoms with E-state index >= 15 is 0 Å². The van der Waals surface area contributed by atoms with Gasteiger partial charge in [0.05, 0.1) is 18.8 Å². The molecule has 0 bridgehead atoms. The fraction of sp³-hybridized carbons (Fsp3) is 0.417. The molecule has 2 atom stereocenters. The Morgan fingerprint density at radius 1 is 1.30 bits per heavy atom. The van der Waals surface area contributed by atoms with E-state index in [1.165, 1.54) is 12.5 Å². The van der Waals surface area contributed by atoms with E-state index in [0.29, 0.717) is 5.69 Å². The summed E-state index contributed by atoms with van der Waals surface area (Å²) in [6.07, 6.45) is 2.59. The molecule has 1 aromatic heterocycles. The Hall–Kier alpha value is -2.95. The molecule has 0 saturated heterocycles. The van der Waals surface area contributed by atoms with E-state index in [2.05, 4.69) is 20.6 Å². The largest absolute Gasteiger partial charge is 0.480 e. The predicted molar refractivity (Wildman–Crippen MR) is 76.7 cm³/mol. The van der Waals surface area contributed by atoms with Crippen LogP contribution in [0.1, 0.15) is 12.1 Å². The number of imidazole rings is 1. The highest BCUT2D eigenvalue weighted by molar-refractivity contribution is 5.94. The van der Waals surface area contributed by atoms with Crippen molar-refractivity contribution in [1.29, 1.82) is 0 Å². The number of carboxylic acids is 1. The van der Waals surface area contributed by atoms with E-state index in [4.69, 9.17) is 16.6 Å². The first-order valence-electron chi connectivity index (χ1n) is 6.60. The van der Waals surface area contributed by atoms with Crippen LogP contribution in [-0.2, 0) is 25.6 Å². The molecule has 11 heteroatoms. The highest BCUT2D eigenvalue weighted by Crippen LogP contribution is 1.99. The highest BCUT2D eigenvalue weighted by Gasteiger charge is 2.25. The van der Waals surface area contributed by atoms with Crippen LogP contribution in [0.15, 0.2) is 12.5 Å². The zero-order valence-electron chi connectivity index (χ0n) is 12.1. The molecule has 0 saturated carbocycles. The van der Waals surface area contributed by atoms with Crippen LogP contribution >= 0.6 is 0 Å². The van der Waals surface area contributed by atoms with Gasteiger partial charge in [-0.1, -0.05) is 0 Å². The van der Waals surface area contributed by atoms with Gasteiger partial charge in [0.2, 0.25) is 17.7 Å². The van der Waals surface area contributed by atoms with Gasteiger partial charge in [0, 0.05) is 18.3 Å². The number of aromatic nitrogens is 2. The summed E-state index contributed by atoms with van der Waals surface area (Å²) >= 11 is 0. The van der Waals surface area contributed by atoms with Crippen molar-refractivity contribution in [2.75, 3.05) is 6.54 Å². The maximum absolute atomic E-state index is 12.0. The third kappa shape index (κ3) is 6.56. The molecular weight excluding hydrogens is 308 g/mol. The minimum absolute atomic E-state index is 0.145. The van der Waals surface area contributed by atoms with Crippen molar-refractivity contribution in [3.8, 4) is 0 Å². The van der Waals surface area contributed by atoms with Gasteiger partial charge in [0.15, 0.2) is 0 Å². The summed E-state index contributed by atoms with van der Waals surface area (Å²) < 4.78 is 0. The molecule has 3 amide bonds. The van der Waals surface area contributed by atoms with E-state index < -0.39 is 48.7 Å². The number of H-pyrrole nitrogens is 1. The van der Waals surface area contributed by atoms with Gasteiger partial charge in [-0.15, -0.1) is 0 Å². The Bertz CT molecular complexity index is 573. The predicted octanol–water partition coefficient (Wildman–Crippen LogP) is -3.16. The smallest absolute Gasteiger partial charge is 0.322 e. The number of carbonyl (C=O) groups is 4. The van der Waals surface area contributed by atoms with Gasteiger partial charge in [-0.25, -0.2) is 4.98 Å². The van der Waals surface area contributed by atoms with Crippen molar-refractivity contribution in [1.82, 2.24) is 20.6 Å². The lowest BCUT2D eigenvalue weighted by Crippen LogP contribution is -2.53. The van der Waals surface area contributed by atoms with Gasteiger partial charge >= 0.3 is 5.97 Å². The van der Waals surface area contributed by atoms with Gasteiger partial charge < -0.3 is 32.2 Å². The second kappa shape index (κ2) is 8.48. The van der Waals surface area contributed by atoms with Crippen LogP contribution in [0.25, 0.3) is 0 Å². The lowest BCUT2D eigenvalue weighted by molar-refractivity contribution is -0.138. The molecule has 0 aliphatic rings. The van der Waals surface area contributed by atoms with Crippen molar-refractivity contribution in [2.45, 2.75) is 24.9 Å². The van der Waals surface area contributed by atoms with E-state index in [-0.39, 0.29) is 6.42 Å². The van der Waals surface area contributed by atoms with Crippen LogP contribution in [0.4, 0.5) is 0 Å². The molecule has 0 aliphatic heterocycles. The number of rotatable bonds is 9. The molecule has 0 unspecified atom stereocenters. The fourth-order valence-corrected chi connectivity index (χ4v) is 1.70. The van der Waals surface area contributed by atoms with Crippen LogP contribution in [0.5, 0.6) is 0 Å². The molecule has 8 N–H and O–H groups in total. The average Bonchev–Trinajstić information content (AvgIpc) is 2.96. The number of aromatic amines is 1. The van der Waals surface area contributed by atoms with Gasteiger partial charge in [-0.3, -0.25) is 19.2 Å². The Morgan fingerprint density at radius 2 is 2.00 bits per heavy atom. The molecule has 0 fully saturated rings. The molecule has 0 aliphatic carbocycles. The summed E-state index contributed by atoms with van der Waals surface area (Å²) in [6.45, 7) is -0.649. The molecule has 1 heterocycles. The van der Waals surface area contributed by atoms with Crippen LogP contribution in [0, 0.1) is 0 Å². The van der Waals surface area contributed by atoms with E-state index in [1.54, 1.807) is 0 Å². The number of carboxylic acid groups (broad SMARTS) is 1. The monoisotopic (exact) mass is 326 g/mol. The summed E-state index contributed by atoms with van der Waals surface area (Å²) in [6, 6.07) is -2.29. The first-order chi connectivity index (χ1) is 10.8. The maximum Gasteiger partial charge on any atom is 0.322 e. The summed E-state index contributed by atoms with van der Waals surface area (Å²) in [7, 11) is 0. The van der Waals surface area contributed by atoms with Gasteiger partial charge in [0.1, 0.15) is 12.6 Å². The highest BCUT2D eigenvalue weighted by atomic mass is 16.4. The van der Waals surface area contributed by atoms with E-state index in [9.17, 15) is 19.2 Å². The molecule has 0 spiro atoms. The third-order valence-electron chi connectivity index (χ3n) is 2.78. The Morgan fingerprint density at radius 3 is 2.52 bits per heavy atom. The molecule has 126 valence electrons. The maximum atomic E-state index is 12.0. The van der Waals surface area contributed by atoms with Crippen molar-refractivity contribution in [3.63, 3.8) is 0 Å². The summed E-state index contributed by atoms with van der Waals surface area (Å²) in [5, 5.41) is 12.9. The van der Waals surface area contributed by atoms with Crippen molar-refractivity contribution < 1.29 is 24.3 Å². The quantitative estimate of drug-likeness (QED) is 0.275. The second-order valence-electron chi connectivity index (χ2n) is 4.73. The number of aliphatic carboxylic acids is 1. The zero-order valence-corrected chi connectivity index (χ0v) is 12.1. The Kier molecular flexibility index (Phi) is 6.68. The number of nitrogens with one attached hydrogen (secondary N) is 3. The lowest BCUT2D eigenvalue weighted by Gasteiger charge is -2.19. The number of hydrogen-bond donors (Lipinski definition) is 6. The normalized spacial score (nSPS) is 12.9. The van der Waals surface area contributed by atoms with Crippen molar-refractivity contribution >= 4 is 23.7 Å². The number of nitrogens with two attached hydrogens (primary N) is 2. The molecule has 0 radical (unpaired) electrons. The Balaban J connectivity index is 2.63. The minimum atomic E-state index is -1.30. The number of primary amides is 1. The molecule has 1 aromatic rings. The molecule has 0 aromatic carbocycles. The SMILES string of the molecule is NC(=O)C[C@H](NC(=O)[C@@H](N)Cc1cnc[nH]1)C(=O)NCC(=O)O. The van der Waals surface area contributed by atoms with Crippen LogP contribution in [0.2, 0.25) is 0 Å². The average molecular weight is 326 g/mol. The Labute approximate surface area is 130 Å². The molecule has 1 rings (SSSR count). The number of nitrogens with zero attached hydrogens (tertiary/aromatic N) is 1.